The molecule has 0 unspecified atom stereocenters. The van der Waals surface area contributed by atoms with Crippen LogP contribution in [0.1, 0.15) is 62.5 Å². The number of hydrogen-bond donors (Lipinski definition) is 1. The number of nitrogens with zero attached hydrogens (tertiary/aromatic N) is 3. The predicted molar refractivity (Wildman–Crippen MR) is 133 cm³/mol. The van der Waals surface area contributed by atoms with Crippen LogP contribution < -0.4 is 5.32 Å². The molecule has 2 fully saturated rings. The minimum Gasteiger partial charge on any atom is -0.354 e. The van der Waals surface area contributed by atoms with Crippen LogP contribution in [0, 0.1) is 6.92 Å². The van der Waals surface area contributed by atoms with Gasteiger partial charge in [0.15, 0.2) is 5.76 Å². The molecule has 0 atom stereocenters. The number of amides is 1. The standard InChI is InChI=1S/C25H34N4O4S/c1-3-24(30)26-25-19(2)27-33-23(25)14-11-20-9-12-22(13-10-20)34(31,32)29-17-15-28(16-18-29)21-7-5-4-6-8-21/h9-14,21H,3-8,15-18H2,1-2H3,(H,26,30). The molecule has 0 bridgehead atoms. The van der Waals surface area contributed by atoms with Crippen LogP contribution in [0.3, 0.4) is 0 Å². The third-order valence-electron chi connectivity index (χ3n) is 6.78. The largest absolute Gasteiger partial charge is 0.354 e. The number of piperazine rings is 1. The molecular weight excluding hydrogens is 452 g/mol. The first kappa shape index (κ1) is 24.6. The van der Waals surface area contributed by atoms with Crippen LogP contribution in [0.25, 0.3) is 12.2 Å². The van der Waals surface area contributed by atoms with Crippen LogP contribution >= 0.6 is 0 Å². The van der Waals surface area contributed by atoms with Gasteiger partial charge in [-0.3, -0.25) is 9.69 Å². The van der Waals surface area contributed by atoms with Gasteiger partial charge >= 0.3 is 0 Å². The van der Waals surface area contributed by atoms with E-state index in [1.807, 2.05) is 0 Å². The molecule has 1 N–H and O–H groups in total. The molecule has 0 spiro atoms. The molecule has 1 aromatic carbocycles. The Balaban J connectivity index is 1.39. The van der Waals surface area contributed by atoms with Gasteiger partial charge in [-0.2, -0.15) is 4.31 Å². The van der Waals surface area contributed by atoms with E-state index in [0.29, 0.717) is 47.6 Å². The summed E-state index contributed by atoms with van der Waals surface area (Å²) in [6.07, 6.45) is 10.3. The smallest absolute Gasteiger partial charge is 0.243 e. The average molecular weight is 487 g/mol. The van der Waals surface area contributed by atoms with Crippen molar-refractivity contribution in [2.45, 2.75) is 63.3 Å². The molecular formula is C25H34N4O4S. The Morgan fingerprint density at radius 3 is 2.41 bits per heavy atom. The van der Waals surface area contributed by atoms with Crippen molar-refractivity contribution in [3.63, 3.8) is 0 Å². The number of carbonyl (C=O) groups excluding carboxylic acids is 1. The summed E-state index contributed by atoms with van der Waals surface area (Å²) in [4.78, 5) is 14.5. The molecule has 4 rings (SSSR count). The molecule has 0 radical (unpaired) electrons. The fraction of sp³-hybridized carbons (Fsp3) is 0.520. The fourth-order valence-electron chi connectivity index (χ4n) is 4.71. The normalized spacial score (nSPS) is 19.0. The monoisotopic (exact) mass is 486 g/mol. The van der Waals surface area contributed by atoms with E-state index in [4.69, 9.17) is 4.52 Å². The van der Waals surface area contributed by atoms with E-state index in [9.17, 15) is 13.2 Å². The maximum atomic E-state index is 13.2. The summed E-state index contributed by atoms with van der Waals surface area (Å²) in [5.41, 5.74) is 1.98. The van der Waals surface area contributed by atoms with E-state index >= 15 is 0 Å². The van der Waals surface area contributed by atoms with Crippen LogP contribution in [-0.4, -0.2) is 60.9 Å². The Morgan fingerprint density at radius 2 is 1.76 bits per heavy atom. The molecule has 8 nitrogen and oxygen atoms in total. The van der Waals surface area contributed by atoms with Crippen molar-refractivity contribution in [3.05, 3.63) is 41.3 Å². The molecule has 2 aromatic rings. The van der Waals surface area contributed by atoms with Crippen LogP contribution in [0.5, 0.6) is 0 Å². The number of aromatic nitrogens is 1. The average Bonchev–Trinajstić information content (AvgIpc) is 3.22. The van der Waals surface area contributed by atoms with Crippen LogP contribution in [0.15, 0.2) is 33.7 Å². The number of benzene rings is 1. The highest BCUT2D eigenvalue weighted by atomic mass is 32.2. The Bertz CT molecular complexity index is 1110. The highest BCUT2D eigenvalue weighted by Gasteiger charge is 2.31. The highest BCUT2D eigenvalue weighted by Crippen LogP contribution is 2.26. The predicted octanol–water partition coefficient (Wildman–Crippen LogP) is 4.14. The number of sulfonamides is 1. The number of anilines is 1. The second-order valence-electron chi connectivity index (χ2n) is 9.04. The quantitative estimate of drug-likeness (QED) is 0.632. The molecule has 34 heavy (non-hydrogen) atoms. The van der Waals surface area contributed by atoms with Gasteiger partial charge in [-0.25, -0.2) is 8.42 Å². The summed E-state index contributed by atoms with van der Waals surface area (Å²) in [6, 6.07) is 7.46. The van der Waals surface area contributed by atoms with Gasteiger partial charge in [0.1, 0.15) is 11.4 Å². The van der Waals surface area contributed by atoms with Crippen molar-refractivity contribution in [3.8, 4) is 0 Å². The maximum Gasteiger partial charge on any atom is 0.243 e. The van der Waals surface area contributed by atoms with Gasteiger partial charge in [-0.1, -0.05) is 49.6 Å². The van der Waals surface area contributed by atoms with E-state index in [2.05, 4.69) is 15.4 Å². The lowest BCUT2D eigenvalue weighted by Crippen LogP contribution is -2.52. The van der Waals surface area contributed by atoms with Crippen molar-refractivity contribution in [1.29, 1.82) is 0 Å². The lowest BCUT2D eigenvalue weighted by atomic mass is 9.94. The van der Waals surface area contributed by atoms with Crippen molar-refractivity contribution >= 4 is 33.8 Å². The van der Waals surface area contributed by atoms with E-state index in [0.717, 1.165) is 18.7 Å². The minimum absolute atomic E-state index is 0.116. The van der Waals surface area contributed by atoms with Gasteiger partial charge < -0.3 is 9.84 Å². The molecule has 1 saturated heterocycles. The number of rotatable bonds is 7. The van der Waals surface area contributed by atoms with Gasteiger partial charge in [0, 0.05) is 38.6 Å². The Kier molecular flexibility index (Phi) is 7.85. The fourth-order valence-corrected chi connectivity index (χ4v) is 6.13. The topological polar surface area (TPSA) is 95.8 Å². The third-order valence-corrected chi connectivity index (χ3v) is 8.70. The zero-order valence-electron chi connectivity index (χ0n) is 20.0. The Morgan fingerprint density at radius 1 is 1.09 bits per heavy atom. The Labute approximate surface area is 202 Å². The summed E-state index contributed by atoms with van der Waals surface area (Å²) < 4.78 is 33.3. The maximum absolute atomic E-state index is 13.2. The zero-order chi connectivity index (χ0) is 24.1. The van der Waals surface area contributed by atoms with E-state index < -0.39 is 10.0 Å². The second kappa shape index (κ2) is 10.8. The first-order chi connectivity index (χ1) is 16.4. The van der Waals surface area contributed by atoms with Crippen molar-refractivity contribution in [1.82, 2.24) is 14.4 Å². The van der Waals surface area contributed by atoms with Gasteiger partial charge in [-0.15, -0.1) is 0 Å². The van der Waals surface area contributed by atoms with Gasteiger partial charge in [-0.05, 0) is 43.5 Å². The number of hydrogen-bond acceptors (Lipinski definition) is 6. The first-order valence-electron chi connectivity index (χ1n) is 12.2. The molecule has 1 aromatic heterocycles. The van der Waals surface area contributed by atoms with Crippen molar-refractivity contribution < 1.29 is 17.7 Å². The van der Waals surface area contributed by atoms with Crippen LogP contribution in [0.2, 0.25) is 0 Å². The molecule has 2 heterocycles. The Hall–Kier alpha value is -2.49. The summed E-state index contributed by atoms with van der Waals surface area (Å²) in [5, 5.41) is 6.72. The number of nitrogens with one attached hydrogen (secondary N) is 1. The molecule has 1 amide bonds. The van der Waals surface area contributed by atoms with E-state index in [-0.39, 0.29) is 5.91 Å². The molecule has 2 aliphatic rings. The number of aryl methyl sites for hydroxylation is 1. The molecule has 1 aliphatic carbocycles. The van der Waals surface area contributed by atoms with Gasteiger partial charge in [0.2, 0.25) is 15.9 Å². The van der Waals surface area contributed by atoms with Crippen molar-refractivity contribution in [2.24, 2.45) is 0 Å². The summed E-state index contributed by atoms with van der Waals surface area (Å²) >= 11 is 0. The van der Waals surface area contributed by atoms with Gasteiger partial charge in [0.25, 0.3) is 0 Å². The summed E-state index contributed by atoms with van der Waals surface area (Å²) in [6.45, 7) is 6.23. The molecule has 1 saturated carbocycles. The summed E-state index contributed by atoms with van der Waals surface area (Å²) in [7, 11) is -3.51. The van der Waals surface area contributed by atoms with Crippen LogP contribution in [0.4, 0.5) is 5.69 Å². The van der Waals surface area contributed by atoms with E-state index in [1.54, 1.807) is 54.6 Å². The lowest BCUT2D eigenvalue weighted by molar-refractivity contribution is -0.115. The molecule has 184 valence electrons. The second-order valence-corrected chi connectivity index (χ2v) is 11.0. The lowest BCUT2D eigenvalue weighted by Gasteiger charge is -2.40. The molecule has 1 aliphatic heterocycles. The SMILES string of the molecule is CCC(=O)Nc1c(C)noc1C=Cc1ccc(S(=O)(=O)N2CCN(C3CCCCC3)CC2)cc1. The van der Waals surface area contributed by atoms with Gasteiger partial charge in [0.05, 0.1) is 4.90 Å². The highest BCUT2D eigenvalue weighted by molar-refractivity contribution is 7.89. The zero-order valence-corrected chi connectivity index (χ0v) is 20.8. The minimum atomic E-state index is -3.51. The molecule has 9 heteroatoms. The van der Waals surface area contributed by atoms with Crippen molar-refractivity contribution in [2.75, 3.05) is 31.5 Å². The first-order valence-corrected chi connectivity index (χ1v) is 13.6. The van der Waals surface area contributed by atoms with Crippen LogP contribution in [-0.2, 0) is 14.8 Å². The number of carbonyl (C=O) groups is 1. The van der Waals surface area contributed by atoms with E-state index in [1.165, 1.54) is 32.1 Å². The summed E-state index contributed by atoms with van der Waals surface area (Å²) in [5.74, 6) is 0.335. The third kappa shape index (κ3) is 5.59.